The predicted molar refractivity (Wildman–Crippen MR) is 113 cm³/mol. The molecule has 2 aromatic carbocycles. The highest BCUT2D eigenvalue weighted by molar-refractivity contribution is 14.0. The number of guanidine groups is 1. The minimum absolute atomic E-state index is 0. The summed E-state index contributed by atoms with van der Waals surface area (Å²) in [7, 11) is 1.57. The van der Waals surface area contributed by atoms with Gasteiger partial charge < -0.3 is 25.8 Å². The summed E-state index contributed by atoms with van der Waals surface area (Å²) in [6.45, 7) is 0.844. The van der Waals surface area contributed by atoms with E-state index in [1.165, 1.54) is 0 Å². The summed E-state index contributed by atoms with van der Waals surface area (Å²) < 4.78 is 10.6. The number of anilines is 1. The first kappa shape index (κ1) is 21.7. The number of nitrogens with zero attached hydrogens (tertiary/aromatic N) is 1. The normalized spacial score (nSPS) is 10.6. The van der Waals surface area contributed by atoms with Gasteiger partial charge in [0.15, 0.2) is 5.96 Å². The van der Waals surface area contributed by atoms with E-state index in [2.05, 4.69) is 15.6 Å². The van der Waals surface area contributed by atoms with E-state index in [1.54, 1.807) is 13.2 Å². The number of rotatable bonds is 8. The van der Waals surface area contributed by atoms with Gasteiger partial charge in [-0.15, -0.1) is 24.0 Å². The fourth-order valence-corrected chi connectivity index (χ4v) is 1.95. The third-order valence-corrected chi connectivity index (χ3v) is 3.11. The number of para-hydroxylation sites is 1. The molecule has 2 rings (SSSR count). The van der Waals surface area contributed by atoms with Crippen LogP contribution in [0.25, 0.3) is 0 Å². The van der Waals surface area contributed by atoms with Crippen LogP contribution in [0.1, 0.15) is 0 Å². The van der Waals surface area contributed by atoms with Gasteiger partial charge in [-0.2, -0.15) is 0 Å². The number of nitrogens with one attached hydrogen (secondary N) is 2. The van der Waals surface area contributed by atoms with Crippen molar-refractivity contribution in [3.63, 3.8) is 0 Å². The van der Waals surface area contributed by atoms with Gasteiger partial charge >= 0.3 is 0 Å². The standard InChI is InChI=1S/C18H22N4O3.HI/c1-24-11-10-20-17(23)13-21-18(19)22-14-6-5-9-16(12-14)25-15-7-3-2-4-8-15;/h2-9,12H,10-11,13H2,1H3,(H,20,23)(H3,19,21,22);1H. The summed E-state index contributed by atoms with van der Waals surface area (Å²) in [6, 6.07) is 16.8. The van der Waals surface area contributed by atoms with Crippen LogP contribution in [-0.2, 0) is 9.53 Å². The van der Waals surface area contributed by atoms with Crippen LogP contribution in [0.4, 0.5) is 5.69 Å². The molecule has 8 heteroatoms. The lowest BCUT2D eigenvalue weighted by Gasteiger charge is -2.09. The van der Waals surface area contributed by atoms with Gasteiger partial charge in [-0.3, -0.25) is 4.79 Å². The van der Waals surface area contributed by atoms with E-state index >= 15 is 0 Å². The molecular formula is C18H23IN4O3. The van der Waals surface area contributed by atoms with Crippen molar-refractivity contribution < 1.29 is 14.3 Å². The van der Waals surface area contributed by atoms with Crippen molar-refractivity contribution in [2.75, 3.05) is 32.1 Å². The molecular weight excluding hydrogens is 447 g/mol. The van der Waals surface area contributed by atoms with Crippen LogP contribution in [0.15, 0.2) is 59.6 Å². The molecule has 4 N–H and O–H groups in total. The first-order chi connectivity index (χ1) is 12.2. The molecule has 0 aliphatic heterocycles. The number of methoxy groups -OCH3 is 1. The van der Waals surface area contributed by atoms with E-state index in [0.29, 0.717) is 18.9 Å². The number of ether oxygens (including phenoxy) is 2. The SMILES string of the molecule is COCCNC(=O)CN=C(N)Nc1cccc(Oc2ccccc2)c1.I. The molecule has 0 aliphatic rings. The number of carbonyl (C=O) groups is 1. The zero-order valence-corrected chi connectivity index (χ0v) is 16.8. The quantitative estimate of drug-likeness (QED) is 0.239. The first-order valence-corrected chi connectivity index (χ1v) is 7.83. The number of benzene rings is 2. The number of hydrogen-bond acceptors (Lipinski definition) is 4. The molecule has 26 heavy (non-hydrogen) atoms. The smallest absolute Gasteiger partial charge is 0.241 e. The minimum Gasteiger partial charge on any atom is -0.457 e. The summed E-state index contributed by atoms with van der Waals surface area (Å²) in [5, 5.41) is 5.60. The van der Waals surface area contributed by atoms with E-state index in [0.717, 1.165) is 11.4 Å². The predicted octanol–water partition coefficient (Wildman–Crippen LogP) is 2.59. The third-order valence-electron chi connectivity index (χ3n) is 3.11. The molecule has 0 heterocycles. The van der Waals surface area contributed by atoms with E-state index in [4.69, 9.17) is 15.2 Å². The molecule has 0 saturated carbocycles. The second-order valence-corrected chi connectivity index (χ2v) is 5.11. The number of aliphatic imine (C=N–C) groups is 1. The molecule has 1 amide bonds. The number of hydrogen-bond donors (Lipinski definition) is 3. The fourth-order valence-electron chi connectivity index (χ4n) is 1.95. The summed E-state index contributed by atoms with van der Waals surface area (Å²) in [5.41, 5.74) is 6.52. The van der Waals surface area contributed by atoms with Crippen LogP contribution in [0.5, 0.6) is 11.5 Å². The fraction of sp³-hybridized carbons (Fsp3) is 0.222. The van der Waals surface area contributed by atoms with E-state index in [-0.39, 0.29) is 42.4 Å². The molecule has 7 nitrogen and oxygen atoms in total. The summed E-state index contributed by atoms with van der Waals surface area (Å²) >= 11 is 0. The largest absolute Gasteiger partial charge is 0.457 e. The maximum atomic E-state index is 11.6. The van der Waals surface area contributed by atoms with Crippen molar-refractivity contribution in [1.29, 1.82) is 0 Å². The molecule has 0 aromatic heterocycles. The van der Waals surface area contributed by atoms with Gasteiger partial charge in [0.1, 0.15) is 18.0 Å². The Bertz CT molecular complexity index is 711. The first-order valence-electron chi connectivity index (χ1n) is 7.83. The van der Waals surface area contributed by atoms with Gasteiger partial charge in [-0.05, 0) is 24.3 Å². The Morgan fingerprint density at radius 2 is 1.85 bits per heavy atom. The topological polar surface area (TPSA) is 98.0 Å². The average molecular weight is 470 g/mol. The highest BCUT2D eigenvalue weighted by atomic mass is 127. The van der Waals surface area contributed by atoms with Crippen molar-refractivity contribution in [2.24, 2.45) is 10.7 Å². The van der Waals surface area contributed by atoms with Crippen molar-refractivity contribution in [3.05, 3.63) is 54.6 Å². The average Bonchev–Trinajstić information content (AvgIpc) is 2.61. The molecule has 0 radical (unpaired) electrons. The Labute approximate surface area is 170 Å². The van der Waals surface area contributed by atoms with Crippen LogP contribution >= 0.6 is 24.0 Å². The highest BCUT2D eigenvalue weighted by Crippen LogP contribution is 2.23. The Kier molecular flexibility index (Phi) is 10.1. The molecule has 0 spiro atoms. The molecule has 0 aliphatic carbocycles. The van der Waals surface area contributed by atoms with Gasteiger partial charge in [-0.25, -0.2) is 4.99 Å². The maximum absolute atomic E-state index is 11.6. The summed E-state index contributed by atoms with van der Waals surface area (Å²) in [6.07, 6.45) is 0. The Morgan fingerprint density at radius 3 is 2.58 bits per heavy atom. The van der Waals surface area contributed by atoms with Crippen molar-refractivity contribution in [3.8, 4) is 11.5 Å². The van der Waals surface area contributed by atoms with Gasteiger partial charge in [0, 0.05) is 25.4 Å². The Hall–Kier alpha value is -2.33. The van der Waals surface area contributed by atoms with Crippen LogP contribution < -0.4 is 21.1 Å². The second kappa shape index (κ2) is 12.1. The van der Waals surface area contributed by atoms with Crippen LogP contribution in [0.2, 0.25) is 0 Å². The van der Waals surface area contributed by atoms with Gasteiger partial charge in [0.25, 0.3) is 0 Å². The van der Waals surface area contributed by atoms with E-state index in [1.807, 2.05) is 48.5 Å². The van der Waals surface area contributed by atoms with Gasteiger partial charge in [-0.1, -0.05) is 24.3 Å². The number of carbonyl (C=O) groups excluding carboxylic acids is 1. The van der Waals surface area contributed by atoms with E-state index in [9.17, 15) is 4.79 Å². The Morgan fingerprint density at radius 1 is 1.12 bits per heavy atom. The third kappa shape index (κ3) is 8.17. The van der Waals surface area contributed by atoms with Crippen molar-refractivity contribution in [2.45, 2.75) is 0 Å². The van der Waals surface area contributed by atoms with Crippen LogP contribution in [-0.4, -0.2) is 38.7 Å². The molecule has 0 bridgehead atoms. The molecule has 140 valence electrons. The molecule has 0 atom stereocenters. The second-order valence-electron chi connectivity index (χ2n) is 5.11. The molecule has 0 fully saturated rings. The summed E-state index contributed by atoms with van der Waals surface area (Å²) in [4.78, 5) is 15.6. The maximum Gasteiger partial charge on any atom is 0.241 e. The highest BCUT2D eigenvalue weighted by Gasteiger charge is 2.02. The summed E-state index contributed by atoms with van der Waals surface area (Å²) in [5.74, 6) is 1.34. The van der Waals surface area contributed by atoms with Crippen molar-refractivity contribution >= 4 is 41.5 Å². The number of nitrogens with two attached hydrogens (primary N) is 1. The monoisotopic (exact) mass is 470 g/mol. The molecule has 0 unspecified atom stereocenters. The van der Waals surface area contributed by atoms with Crippen molar-refractivity contribution in [1.82, 2.24) is 5.32 Å². The van der Waals surface area contributed by atoms with Gasteiger partial charge in [0.2, 0.25) is 5.91 Å². The van der Waals surface area contributed by atoms with Gasteiger partial charge in [0.05, 0.1) is 6.61 Å². The number of halogens is 1. The van der Waals surface area contributed by atoms with Crippen LogP contribution in [0, 0.1) is 0 Å². The minimum atomic E-state index is -0.219. The van der Waals surface area contributed by atoms with E-state index < -0.39 is 0 Å². The lowest BCUT2D eigenvalue weighted by Crippen LogP contribution is -2.31. The van der Waals surface area contributed by atoms with Crippen LogP contribution in [0.3, 0.4) is 0 Å². The lowest BCUT2D eigenvalue weighted by atomic mass is 10.3. The zero-order valence-electron chi connectivity index (χ0n) is 14.5. The molecule has 2 aromatic rings. The molecule has 0 saturated heterocycles. The number of amides is 1. The zero-order chi connectivity index (χ0) is 17.9. The lowest BCUT2D eigenvalue weighted by molar-refractivity contribution is -0.119. The Balaban J connectivity index is 0.00000338.